The number of halogens is 1. The Bertz CT molecular complexity index is 1790. The van der Waals surface area contributed by atoms with E-state index < -0.39 is 11.8 Å². The number of benzene rings is 2. The second-order valence-electron chi connectivity index (χ2n) is 11.4. The molecule has 10 heteroatoms. The Balaban J connectivity index is 1.55. The van der Waals surface area contributed by atoms with E-state index in [0.29, 0.717) is 45.6 Å². The van der Waals surface area contributed by atoms with E-state index in [2.05, 4.69) is 62.7 Å². The quantitative estimate of drug-likeness (QED) is 0.232. The van der Waals surface area contributed by atoms with Gasteiger partial charge in [0.05, 0.1) is 36.4 Å². The molecular weight excluding hydrogens is 517 g/mol. The first-order valence-corrected chi connectivity index (χ1v) is 13.5. The van der Waals surface area contributed by atoms with Gasteiger partial charge in [-0.05, 0) is 48.1 Å². The van der Waals surface area contributed by atoms with Crippen LogP contribution in [0.2, 0.25) is 0 Å². The van der Waals surface area contributed by atoms with Gasteiger partial charge < -0.3 is 10.6 Å². The van der Waals surface area contributed by atoms with Crippen molar-refractivity contribution in [2.75, 3.05) is 17.2 Å². The van der Waals surface area contributed by atoms with Crippen molar-refractivity contribution in [3.05, 3.63) is 90.2 Å². The van der Waals surface area contributed by atoms with Gasteiger partial charge in [0.1, 0.15) is 23.9 Å². The van der Waals surface area contributed by atoms with E-state index in [4.69, 9.17) is 0 Å². The number of aromatic nitrogens is 6. The van der Waals surface area contributed by atoms with Crippen molar-refractivity contribution in [3.63, 3.8) is 0 Å². The summed E-state index contributed by atoms with van der Waals surface area (Å²) in [6, 6.07) is 10.5. The average molecular weight is 549 g/mol. The number of pyridine rings is 1. The van der Waals surface area contributed by atoms with Crippen LogP contribution in [-0.2, 0) is 0 Å². The Labute approximate surface area is 238 Å². The van der Waals surface area contributed by atoms with Gasteiger partial charge in [-0.3, -0.25) is 4.98 Å². The van der Waals surface area contributed by atoms with Crippen LogP contribution in [0, 0.1) is 22.6 Å². The predicted octanol–water partition coefficient (Wildman–Crippen LogP) is 6.29. The van der Waals surface area contributed by atoms with E-state index in [1.165, 1.54) is 18.5 Å². The van der Waals surface area contributed by atoms with Crippen molar-refractivity contribution in [2.45, 2.75) is 45.7 Å². The highest BCUT2D eigenvalue weighted by Gasteiger charge is 2.27. The number of nitriles is 1. The Kier molecular flexibility index (Phi) is 6.47. The van der Waals surface area contributed by atoms with Crippen LogP contribution in [0.3, 0.4) is 0 Å². The first kappa shape index (κ1) is 25.1. The summed E-state index contributed by atoms with van der Waals surface area (Å²) >= 11 is 0. The highest BCUT2D eigenvalue weighted by atomic mass is 19.1. The molecule has 6 rings (SSSR count). The lowest BCUT2D eigenvalue weighted by Crippen LogP contribution is -2.20. The van der Waals surface area contributed by atoms with E-state index in [0.717, 1.165) is 24.0 Å². The Morgan fingerprint density at radius 1 is 1.15 bits per heavy atom. The van der Waals surface area contributed by atoms with Gasteiger partial charge in [0, 0.05) is 47.3 Å². The van der Waals surface area contributed by atoms with Crippen LogP contribution in [0.5, 0.6) is 0 Å². The topological polar surface area (TPSA) is 117 Å². The van der Waals surface area contributed by atoms with Gasteiger partial charge >= 0.3 is 0 Å². The SMILES string of the molecule is [2H][C@](Nc1cc(-c2cncnc2)c2ncc(C#N)c(NCC(C)(C)C)c2c1)(c1ccc(F)cc1)c1cn(C2CC2)nn1. The summed E-state index contributed by atoms with van der Waals surface area (Å²) in [5, 5.41) is 26.2. The summed E-state index contributed by atoms with van der Waals surface area (Å²) in [4.78, 5) is 13.1. The lowest BCUT2D eigenvalue weighted by molar-refractivity contribution is 0.443. The smallest absolute Gasteiger partial charge is 0.123 e. The molecule has 2 N–H and O–H groups in total. The van der Waals surface area contributed by atoms with Crippen LogP contribution in [0.15, 0.2) is 67.5 Å². The zero-order chi connectivity index (χ0) is 29.5. The van der Waals surface area contributed by atoms with Crippen molar-refractivity contribution < 1.29 is 5.76 Å². The fourth-order valence-electron chi connectivity index (χ4n) is 4.62. The molecule has 1 atom stereocenters. The van der Waals surface area contributed by atoms with Crippen LogP contribution in [0.25, 0.3) is 22.0 Å². The van der Waals surface area contributed by atoms with E-state index in [1.807, 2.05) is 12.1 Å². The predicted molar refractivity (Wildman–Crippen MR) is 156 cm³/mol. The molecule has 41 heavy (non-hydrogen) atoms. The fourth-order valence-corrected chi connectivity index (χ4v) is 4.62. The van der Waals surface area contributed by atoms with E-state index >= 15 is 0 Å². The van der Waals surface area contributed by atoms with Crippen LogP contribution >= 0.6 is 0 Å². The Morgan fingerprint density at radius 3 is 2.59 bits per heavy atom. The highest BCUT2D eigenvalue weighted by Crippen LogP contribution is 2.38. The number of nitrogens with zero attached hydrogens (tertiary/aromatic N) is 7. The molecule has 2 aromatic carbocycles. The maximum atomic E-state index is 13.9. The van der Waals surface area contributed by atoms with E-state index in [9.17, 15) is 11.0 Å². The third-order valence-corrected chi connectivity index (χ3v) is 6.85. The van der Waals surface area contributed by atoms with Crippen molar-refractivity contribution in [1.29, 1.82) is 5.26 Å². The van der Waals surface area contributed by atoms with Crippen LogP contribution in [0.1, 0.15) is 63.9 Å². The monoisotopic (exact) mass is 548 g/mol. The van der Waals surface area contributed by atoms with Gasteiger partial charge in [-0.25, -0.2) is 19.0 Å². The summed E-state index contributed by atoms with van der Waals surface area (Å²) in [6.45, 7) is 6.95. The first-order chi connectivity index (χ1) is 20.1. The Morgan fingerprint density at radius 2 is 1.90 bits per heavy atom. The lowest BCUT2D eigenvalue weighted by Gasteiger charge is -2.23. The second-order valence-corrected chi connectivity index (χ2v) is 11.4. The highest BCUT2D eigenvalue weighted by molar-refractivity contribution is 6.04. The first-order valence-electron chi connectivity index (χ1n) is 14.0. The summed E-state index contributed by atoms with van der Waals surface area (Å²) in [6.07, 6.45) is 10.2. The van der Waals surface area contributed by atoms with Crippen molar-refractivity contribution in [3.8, 4) is 17.2 Å². The number of rotatable bonds is 8. The average Bonchev–Trinajstić information content (AvgIpc) is 3.71. The molecule has 0 radical (unpaired) electrons. The number of hydrogen-bond donors (Lipinski definition) is 2. The minimum Gasteiger partial charge on any atom is -0.383 e. The molecule has 0 spiro atoms. The molecule has 206 valence electrons. The molecule has 1 fully saturated rings. The van der Waals surface area contributed by atoms with E-state index in [1.54, 1.807) is 41.6 Å². The second kappa shape index (κ2) is 10.6. The maximum Gasteiger partial charge on any atom is 0.123 e. The molecule has 0 saturated heterocycles. The molecule has 0 unspecified atom stereocenters. The van der Waals surface area contributed by atoms with Crippen molar-refractivity contribution in [2.24, 2.45) is 5.41 Å². The third kappa shape index (κ3) is 5.70. The van der Waals surface area contributed by atoms with Crippen molar-refractivity contribution in [1.82, 2.24) is 29.9 Å². The van der Waals surface area contributed by atoms with Crippen LogP contribution in [-0.4, -0.2) is 36.5 Å². The van der Waals surface area contributed by atoms with Gasteiger partial charge in [-0.2, -0.15) is 5.26 Å². The minimum atomic E-state index is -1.61. The lowest BCUT2D eigenvalue weighted by atomic mass is 9.95. The Hall–Kier alpha value is -4.91. The van der Waals surface area contributed by atoms with Crippen LogP contribution < -0.4 is 10.6 Å². The molecule has 3 heterocycles. The van der Waals surface area contributed by atoms with Crippen molar-refractivity contribution >= 4 is 22.3 Å². The molecule has 3 aromatic heterocycles. The molecule has 1 aliphatic carbocycles. The number of nitrogens with one attached hydrogen (secondary N) is 2. The molecule has 0 aliphatic heterocycles. The zero-order valence-electron chi connectivity index (χ0n) is 24.1. The fraction of sp³-hybridized carbons (Fsp3) is 0.290. The summed E-state index contributed by atoms with van der Waals surface area (Å²) < 4.78 is 25.4. The maximum absolute atomic E-state index is 13.9. The summed E-state index contributed by atoms with van der Waals surface area (Å²) in [5.74, 6) is -0.399. The largest absolute Gasteiger partial charge is 0.383 e. The molecule has 0 amide bonds. The number of hydrogen-bond acceptors (Lipinski definition) is 8. The molecule has 1 aliphatic rings. The van der Waals surface area contributed by atoms with Crippen LogP contribution in [0.4, 0.5) is 15.8 Å². The minimum absolute atomic E-state index is 0.0550. The molecule has 0 bridgehead atoms. The molecular formula is C31H30FN9. The van der Waals surface area contributed by atoms with Gasteiger partial charge in [-0.1, -0.05) is 38.1 Å². The third-order valence-electron chi connectivity index (χ3n) is 6.85. The molecule has 5 aromatic rings. The summed E-state index contributed by atoms with van der Waals surface area (Å²) in [7, 11) is 0. The van der Waals surface area contributed by atoms with Gasteiger partial charge in [0.25, 0.3) is 0 Å². The van der Waals surface area contributed by atoms with Gasteiger partial charge in [-0.15, -0.1) is 5.10 Å². The van der Waals surface area contributed by atoms with E-state index in [-0.39, 0.29) is 11.5 Å². The number of fused-ring (bicyclic) bond motifs is 1. The zero-order valence-corrected chi connectivity index (χ0v) is 23.1. The van der Waals surface area contributed by atoms with Gasteiger partial charge in [0.15, 0.2) is 0 Å². The number of anilines is 2. The standard InChI is InChI=1S/C31H30FN9/c1-31(2,3)17-37-28-20(12-33)15-36-30-25(21-13-34-18-35-14-21)10-23(11-26(28)30)38-29(19-4-6-22(32)7-5-19)27-16-41(40-39-27)24-8-9-24/h4-7,10-11,13-16,18,24,29,38H,8-9,17H2,1-3H3,(H,36,37)/t29-/m0/s1/i29D. The van der Waals surface area contributed by atoms with Gasteiger partial charge in [0.2, 0.25) is 0 Å². The normalized spacial score (nSPS) is 15.1. The molecule has 9 nitrogen and oxygen atoms in total. The summed E-state index contributed by atoms with van der Waals surface area (Å²) in [5.41, 5.74) is 4.54. The molecule has 1 saturated carbocycles.